The van der Waals surface area contributed by atoms with E-state index in [2.05, 4.69) is 6.08 Å². The predicted octanol–water partition coefficient (Wildman–Crippen LogP) is 4.93. The van der Waals surface area contributed by atoms with Gasteiger partial charge in [-0.2, -0.15) is 0 Å². The molecule has 0 aliphatic carbocycles. The first kappa shape index (κ1) is 26.2. The smallest absolute Gasteiger partial charge is 0.407 e. The van der Waals surface area contributed by atoms with Crippen LogP contribution in [-0.2, 0) is 9.84 Å². The summed E-state index contributed by atoms with van der Waals surface area (Å²) in [5.41, 5.74) is 3.35. The van der Waals surface area contributed by atoms with E-state index in [1.165, 1.54) is 33.2 Å². The van der Waals surface area contributed by atoms with Crippen molar-refractivity contribution in [3.05, 3.63) is 93.9 Å². The van der Waals surface area contributed by atoms with Gasteiger partial charge in [0.25, 0.3) is 5.56 Å². The Bertz CT molecular complexity index is 1470. The van der Waals surface area contributed by atoms with Crippen LogP contribution in [0.4, 0.5) is 4.79 Å². The third-order valence-corrected chi connectivity index (χ3v) is 7.44. The Morgan fingerprint density at radius 1 is 1.05 bits per heavy atom. The number of carboxylic acid groups (broad SMARTS) is 1. The van der Waals surface area contributed by atoms with Crippen molar-refractivity contribution in [2.75, 3.05) is 12.8 Å². The van der Waals surface area contributed by atoms with Gasteiger partial charge >= 0.3 is 6.09 Å². The standard InChI is InChI=1S/C28H30N2O6S/c1-19(2)16-20-4-6-21(7-5-20)26-17-23(13-15-30(26)28(32)33)36-24-12-14-29(27(31)18-24)22-8-10-25(11-9-22)37(3,34)35/h4-12,14,16,18,23,26H,13,15,17H2,1-3H3,(H,32,33). The van der Waals surface area contributed by atoms with E-state index in [-0.39, 0.29) is 22.6 Å². The van der Waals surface area contributed by atoms with Crippen LogP contribution in [0.5, 0.6) is 5.75 Å². The minimum Gasteiger partial charge on any atom is -0.490 e. The van der Waals surface area contributed by atoms with Crippen LogP contribution in [-0.4, -0.2) is 48.0 Å². The summed E-state index contributed by atoms with van der Waals surface area (Å²) in [6.07, 6.45) is 4.51. The van der Waals surface area contributed by atoms with E-state index in [1.807, 2.05) is 38.1 Å². The maximum Gasteiger partial charge on any atom is 0.407 e. The van der Waals surface area contributed by atoms with Crippen molar-refractivity contribution in [3.8, 4) is 11.4 Å². The Labute approximate surface area is 216 Å². The molecular formula is C28H30N2O6S. The van der Waals surface area contributed by atoms with Crippen molar-refractivity contribution in [2.45, 2.75) is 43.7 Å². The predicted molar refractivity (Wildman–Crippen MR) is 142 cm³/mol. The molecular weight excluding hydrogens is 492 g/mol. The quantitative estimate of drug-likeness (QED) is 0.492. The van der Waals surface area contributed by atoms with E-state index >= 15 is 0 Å². The summed E-state index contributed by atoms with van der Waals surface area (Å²) in [6, 6.07) is 16.7. The van der Waals surface area contributed by atoms with E-state index in [1.54, 1.807) is 24.4 Å². The van der Waals surface area contributed by atoms with E-state index in [0.717, 1.165) is 17.4 Å². The Hall–Kier alpha value is -3.85. The molecule has 1 amide bonds. The number of rotatable bonds is 6. The lowest BCUT2D eigenvalue weighted by molar-refractivity contribution is 0.0538. The van der Waals surface area contributed by atoms with Crippen LogP contribution in [0, 0.1) is 0 Å². The number of hydrogen-bond acceptors (Lipinski definition) is 5. The molecule has 4 rings (SSSR count). The van der Waals surface area contributed by atoms with Crippen molar-refractivity contribution in [1.82, 2.24) is 9.47 Å². The number of ether oxygens (including phenoxy) is 1. The second-order valence-corrected chi connectivity index (χ2v) is 11.5. The highest BCUT2D eigenvalue weighted by molar-refractivity contribution is 7.90. The van der Waals surface area contributed by atoms with Crippen molar-refractivity contribution in [1.29, 1.82) is 0 Å². The molecule has 0 spiro atoms. The van der Waals surface area contributed by atoms with Crippen molar-refractivity contribution >= 4 is 22.0 Å². The minimum atomic E-state index is -3.33. The number of hydrogen-bond donors (Lipinski definition) is 1. The molecule has 2 heterocycles. The summed E-state index contributed by atoms with van der Waals surface area (Å²) in [5, 5.41) is 9.75. The number of allylic oxidation sites excluding steroid dienone is 1. The number of sulfone groups is 1. The molecule has 0 saturated carbocycles. The highest BCUT2D eigenvalue weighted by atomic mass is 32.2. The summed E-state index contributed by atoms with van der Waals surface area (Å²) >= 11 is 0. The second-order valence-electron chi connectivity index (χ2n) is 9.48. The van der Waals surface area contributed by atoms with Gasteiger partial charge in [-0.15, -0.1) is 0 Å². The molecule has 1 N–H and O–H groups in total. The van der Waals surface area contributed by atoms with E-state index in [9.17, 15) is 23.1 Å². The molecule has 1 aliphatic rings. The van der Waals surface area contributed by atoms with Crippen molar-refractivity contribution in [3.63, 3.8) is 0 Å². The van der Waals surface area contributed by atoms with Crippen LogP contribution in [0.25, 0.3) is 11.8 Å². The van der Waals surface area contributed by atoms with E-state index < -0.39 is 15.9 Å². The fraction of sp³-hybridized carbons (Fsp3) is 0.286. The van der Waals surface area contributed by atoms with Crippen LogP contribution in [0.3, 0.4) is 0 Å². The number of pyridine rings is 1. The fourth-order valence-corrected chi connectivity index (χ4v) is 5.16. The van der Waals surface area contributed by atoms with Gasteiger partial charge in [-0.05, 0) is 55.3 Å². The Morgan fingerprint density at radius 3 is 2.30 bits per heavy atom. The SMILES string of the molecule is CC(C)=Cc1ccc(C2CC(Oc3ccn(-c4ccc(S(C)(=O)=O)cc4)c(=O)c3)CCN2C(=O)O)cc1. The first-order valence-corrected chi connectivity index (χ1v) is 13.8. The third-order valence-electron chi connectivity index (χ3n) is 6.31. The highest BCUT2D eigenvalue weighted by Gasteiger charge is 2.33. The molecule has 0 radical (unpaired) electrons. The van der Waals surface area contributed by atoms with Gasteiger partial charge < -0.3 is 14.7 Å². The molecule has 1 fully saturated rings. The lowest BCUT2D eigenvalue weighted by Gasteiger charge is -2.38. The van der Waals surface area contributed by atoms with E-state index in [0.29, 0.717) is 30.8 Å². The molecule has 8 nitrogen and oxygen atoms in total. The number of benzene rings is 2. The normalized spacial score (nSPS) is 17.8. The van der Waals surface area contributed by atoms with Crippen molar-refractivity contribution < 1.29 is 23.1 Å². The zero-order chi connectivity index (χ0) is 26.7. The number of likely N-dealkylation sites (tertiary alicyclic amines) is 1. The zero-order valence-corrected chi connectivity index (χ0v) is 21.8. The summed E-state index contributed by atoms with van der Waals surface area (Å²) in [4.78, 5) is 26.3. The van der Waals surface area contributed by atoms with Gasteiger partial charge in [-0.1, -0.05) is 35.9 Å². The van der Waals surface area contributed by atoms with Crippen LogP contribution in [0.1, 0.15) is 43.9 Å². The lowest BCUT2D eigenvalue weighted by Crippen LogP contribution is -2.43. The molecule has 1 aromatic heterocycles. The largest absolute Gasteiger partial charge is 0.490 e. The Kier molecular flexibility index (Phi) is 7.54. The highest BCUT2D eigenvalue weighted by Crippen LogP contribution is 2.33. The molecule has 194 valence electrons. The number of nitrogens with zero attached hydrogens (tertiary/aromatic N) is 2. The van der Waals surface area contributed by atoms with Crippen LogP contribution < -0.4 is 10.3 Å². The van der Waals surface area contributed by atoms with E-state index in [4.69, 9.17) is 4.74 Å². The molecule has 2 atom stereocenters. The van der Waals surface area contributed by atoms with Gasteiger partial charge in [-0.3, -0.25) is 9.36 Å². The minimum absolute atomic E-state index is 0.179. The van der Waals surface area contributed by atoms with Gasteiger partial charge in [0.05, 0.1) is 10.9 Å². The second kappa shape index (κ2) is 10.6. The van der Waals surface area contributed by atoms with Crippen LogP contribution in [0.2, 0.25) is 0 Å². The zero-order valence-electron chi connectivity index (χ0n) is 21.0. The number of amides is 1. The van der Waals surface area contributed by atoms with Crippen molar-refractivity contribution in [2.24, 2.45) is 0 Å². The molecule has 1 aliphatic heterocycles. The number of carbonyl (C=O) groups is 1. The molecule has 2 aromatic carbocycles. The van der Waals surface area contributed by atoms with Gasteiger partial charge in [0.1, 0.15) is 11.9 Å². The Balaban J connectivity index is 1.51. The molecule has 37 heavy (non-hydrogen) atoms. The summed E-state index contributed by atoms with van der Waals surface area (Å²) in [7, 11) is -3.33. The lowest BCUT2D eigenvalue weighted by atomic mass is 9.93. The van der Waals surface area contributed by atoms with Gasteiger partial charge in [-0.25, -0.2) is 13.2 Å². The third kappa shape index (κ3) is 6.29. The summed E-state index contributed by atoms with van der Waals surface area (Å²) in [6.45, 7) is 4.37. The van der Waals surface area contributed by atoms with Gasteiger partial charge in [0.2, 0.25) is 0 Å². The van der Waals surface area contributed by atoms with Crippen LogP contribution in [0.15, 0.2) is 82.1 Å². The molecule has 0 bridgehead atoms. The van der Waals surface area contributed by atoms with Crippen LogP contribution >= 0.6 is 0 Å². The molecule has 2 unspecified atom stereocenters. The Morgan fingerprint density at radius 2 is 1.73 bits per heavy atom. The summed E-state index contributed by atoms with van der Waals surface area (Å²) in [5.74, 6) is 0.403. The van der Waals surface area contributed by atoms with Gasteiger partial charge in [0.15, 0.2) is 9.84 Å². The first-order valence-electron chi connectivity index (χ1n) is 12.0. The molecule has 9 heteroatoms. The average Bonchev–Trinajstić information content (AvgIpc) is 2.84. The van der Waals surface area contributed by atoms with Gasteiger partial charge in [0, 0.05) is 43.6 Å². The molecule has 3 aromatic rings. The number of piperidine rings is 1. The monoisotopic (exact) mass is 522 g/mol. The average molecular weight is 523 g/mol. The molecule has 1 saturated heterocycles. The topological polar surface area (TPSA) is 106 Å². The first-order chi connectivity index (χ1) is 17.5. The number of aromatic nitrogens is 1. The maximum absolute atomic E-state index is 12.8. The maximum atomic E-state index is 12.8. The summed E-state index contributed by atoms with van der Waals surface area (Å²) < 4.78 is 30.9. The fourth-order valence-electron chi connectivity index (χ4n) is 4.53.